The van der Waals surface area contributed by atoms with Crippen molar-refractivity contribution in [2.24, 2.45) is 29.6 Å². The van der Waals surface area contributed by atoms with E-state index < -0.39 is 0 Å². The van der Waals surface area contributed by atoms with Crippen LogP contribution in [0.3, 0.4) is 0 Å². The minimum atomic E-state index is -0.00737. The summed E-state index contributed by atoms with van der Waals surface area (Å²) in [4.78, 5) is 13.3. The molecule has 9 heteroatoms. The van der Waals surface area contributed by atoms with Gasteiger partial charge in [-0.15, -0.1) is 24.8 Å². The van der Waals surface area contributed by atoms with E-state index in [1.165, 1.54) is 44.9 Å². The summed E-state index contributed by atoms with van der Waals surface area (Å²) in [5, 5.41) is 15.0. The second kappa shape index (κ2) is 12.3. The zero-order chi connectivity index (χ0) is 22.1. The lowest BCUT2D eigenvalue weighted by Crippen LogP contribution is -2.55. The summed E-state index contributed by atoms with van der Waals surface area (Å²) in [6, 6.07) is 0.331. The summed E-state index contributed by atoms with van der Waals surface area (Å²) in [5.74, 6) is 4.51. The third kappa shape index (κ3) is 6.21. The number of hydrogen-bond acceptors (Lipinski definition) is 5. The Balaban J connectivity index is 0.00000162. The van der Waals surface area contributed by atoms with E-state index in [0.29, 0.717) is 35.9 Å². The highest BCUT2D eigenvalue weighted by molar-refractivity contribution is 5.96. The number of piperidine rings is 1. The molecule has 4 saturated carbocycles. The van der Waals surface area contributed by atoms with Crippen LogP contribution in [-0.4, -0.2) is 54.0 Å². The van der Waals surface area contributed by atoms with Gasteiger partial charge < -0.3 is 20.7 Å². The molecule has 4 aliphatic carbocycles. The smallest absolute Gasteiger partial charge is 0.258 e. The molecule has 2 heterocycles. The molecule has 1 amide bonds. The van der Waals surface area contributed by atoms with Crippen LogP contribution in [0.15, 0.2) is 6.20 Å². The maximum atomic E-state index is 13.3. The highest BCUT2D eigenvalue weighted by atomic mass is 35.5. The Labute approximate surface area is 216 Å². The summed E-state index contributed by atoms with van der Waals surface area (Å²) < 4.78 is 7.96. The fraction of sp³-hybridized carbons (Fsp3) is 0.840. The van der Waals surface area contributed by atoms with Crippen LogP contribution in [-0.2, 0) is 6.54 Å². The van der Waals surface area contributed by atoms with E-state index in [2.05, 4.69) is 21.0 Å². The molecule has 0 unspecified atom stereocenters. The van der Waals surface area contributed by atoms with Gasteiger partial charge in [0.2, 0.25) is 5.88 Å². The van der Waals surface area contributed by atoms with Gasteiger partial charge in [-0.1, -0.05) is 0 Å². The van der Waals surface area contributed by atoms with Gasteiger partial charge >= 0.3 is 0 Å². The van der Waals surface area contributed by atoms with E-state index >= 15 is 0 Å². The number of aromatic nitrogens is 2. The lowest BCUT2D eigenvalue weighted by atomic mass is 9.54. The van der Waals surface area contributed by atoms with Gasteiger partial charge in [0, 0.05) is 12.6 Å². The van der Waals surface area contributed by atoms with Crippen molar-refractivity contribution in [2.75, 3.05) is 26.2 Å². The zero-order valence-electron chi connectivity index (χ0n) is 20.6. The molecule has 1 aliphatic heterocycles. The van der Waals surface area contributed by atoms with Crippen LogP contribution >= 0.6 is 24.8 Å². The quantitative estimate of drug-likeness (QED) is 0.437. The monoisotopic (exact) mass is 515 g/mol. The summed E-state index contributed by atoms with van der Waals surface area (Å²) in [6.45, 7) is 8.84. The van der Waals surface area contributed by atoms with E-state index in [1.807, 2.05) is 18.5 Å². The molecular formula is C25H43Cl2N5O2. The fourth-order valence-electron chi connectivity index (χ4n) is 7.00. The molecule has 0 spiro atoms. The predicted octanol–water partition coefficient (Wildman–Crippen LogP) is 3.66. The van der Waals surface area contributed by atoms with Crippen LogP contribution in [0.25, 0.3) is 0 Å². The van der Waals surface area contributed by atoms with Crippen molar-refractivity contribution in [2.45, 2.75) is 77.5 Å². The number of hydrogen-bond donors (Lipinski definition) is 3. The number of halogens is 2. The first kappa shape index (κ1) is 27.6. The predicted molar refractivity (Wildman–Crippen MR) is 139 cm³/mol. The standard InChI is InChI=1S/C25H41N5O2.2ClH/c1-16(2)32-25-22(15-28-30(25)8-7-27-14-17-3-5-26-6-4-17)24(31)29-23-20-10-18-9-19(12-20)13-21(23)11-18;;/h15-21,23,26-27H,3-14H2,1-2H3,(H,29,31);2*1H. The lowest BCUT2D eigenvalue weighted by molar-refractivity contribution is -0.0120. The molecule has 5 aliphatic rings. The topological polar surface area (TPSA) is 80.2 Å². The average Bonchev–Trinajstić information content (AvgIpc) is 3.16. The van der Waals surface area contributed by atoms with Crippen LogP contribution in [0.2, 0.25) is 0 Å². The minimum absolute atomic E-state index is 0. The van der Waals surface area contributed by atoms with Crippen LogP contribution in [0, 0.1) is 29.6 Å². The van der Waals surface area contributed by atoms with Crippen molar-refractivity contribution in [1.82, 2.24) is 25.7 Å². The molecule has 4 bridgehead atoms. The molecule has 3 N–H and O–H groups in total. The first-order valence-electron chi connectivity index (χ1n) is 13.0. The normalized spacial score (nSPS) is 30.0. The van der Waals surface area contributed by atoms with E-state index in [9.17, 15) is 4.79 Å². The molecule has 1 saturated heterocycles. The van der Waals surface area contributed by atoms with Gasteiger partial charge in [-0.05, 0) is 108 Å². The van der Waals surface area contributed by atoms with Gasteiger partial charge in [-0.25, -0.2) is 4.68 Å². The van der Waals surface area contributed by atoms with Crippen molar-refractivity contribution in [3.05, 3.63) is 11.8 Å². The maximum Gasteiger partial charge on any atom is 0.258 e. The molecule has 1 aromatic heterocycles. The Morgan fingerprint density at radius 2 is 1.76 bits per heavy atom. The molecule has 5 fully saturated rings. The van der Waals surface area contributed by atoms with E-state index in [1.54, 1.807) is 6.20 Å². The van der Waals surface area contributed by atoms with Gasteiger partial charge in [0.25, 0.3) is 5.91 Å². The van der Waals surface area contributed by atoms with Crippen molar-refractivity contribution in [3.8, 4) is 5.88 Å². The second-order valence-corrected chi connectivity index (χ2v) is 11.1. The molecule has 34 heavy (non-hydrogen) atoms. The van der Waals surface area contributed by atoms with Crippen molar-refractivity contribution < 1.29 is 9.53 Å². The van der Waals surface area contributed by atoms with Gasteiger partial charge in [-0.2, -0.15) is 5.10 Å². The van der Waals surface area contributed by atoms with Crippen LogP contribution in [0.1, 0.15) is 69.2 Å². The Hall–Kier alpha value is -1.02. The molecular weight excluding hydrogens is 473 g/mol. The number of amides is 1. The Morgan fingerprint density at radius 3 is 2.38 bits per heavy atom. The average molecular weight is 517 g/mol. The van der Waals surface area contributed by atoms with Crippen molar-refractivity contribution >= 4 is 30.7 Å². The SMILES string of the molecule is CC(C)Oc1c(C(=O)NC2C3CC4CC(C3)CC2C4)cnn1CCNCC1CCNCC1.Cl.Cl. The zero-order valence-corrected chi connectivity index (χ0v) is 22.3. The molecule has 0 radical (unpaired) electrons. The molecule has 0 aromatic carbocycles. The Bertz CT molecular complexity index is 768. The first-order chi connectivity index (χ1) is 15.6. The summed E-state index contributed by atoms with van der Waals surface area (Å²) in [7, 11) is 0. The number of ether oxygens (including phenoxy) is 1. The number of nitrogens with one attached hydrogen (secondary N) is 3. The minimum Gasteiger partial charge on any atom is -0.475 e. The molecule has 194 valence electrons. The molecule has 6 rings (SSSR count). The Morgan fingerprint density at radius 1 is 1.12 bits per heavy atom. The third-order valence-corrected chi connectivity index (χ3v) is 8.30. The van der Waals surface area contributed by atoms with Gasteiger partial charge in [-0.3, -0.25) is 4.79 Å². The molecule has 0 atom stereocenters. The van der Waals surface area contributed by atoms with E-state index in [0.717, 1.165) is 43.9 Å². The van der Waals surface area contributed by atoms with Crippen molar-refractivity contribution in [3.63, 3.8) is 0 Å². The van der Waals surface area contributed by atoms with Crippen LogP contribution < -0.4 is 20.7 Å². The van der Waals surface area contributed by atoms with Crippen molar-refractivity contribution in [1.29, 1.82) is 0 Å². The number of carbonyl (C=O) groups is 1. The Kier molecular flexibility index (Phi) is 9.96. The highest BCUT2D eigenvalue weighted by Gasteiger charge is 2.48. The van der Waals surface area contributed by atoms with Crippen LogP contribution in [0.5, 0.6) is 5.88 Å². The van der Waals surface area contributed by atoms with Gasteiger partial charge in [0.15, 0.2) is 0 Å². The summed E-state index contributed by atoms with van der Waals surface area (Å²) in [5.41, 5.74) is 0.589. The van der Waals surface area contributed by atoms with E-state index in [4.69, 9.17) is 4.74 Å². The largest absolute Gasteiger partial charge is 0.475 e. The maximum absolute atomic E-state index is 13.3. The second-order valence-electron chi connectivity index (χ2n) is 11.1. The molecule has 7 nitrogen and oxygen atoms in total. The van der Waals surface area contributed by atoms with Crippen LogP contribution in [0.4, 0.5) is 0 Å². The fourth-order valence-corrected chi connectivity index (χ4v) is 7.00. The van der Waals surface area contributed by atoms with E-state index in [-0.39, 0.29) is 36.8 Å². The highest BCUT2D eigenvalue weighted by Crippen LogP contribution is 2.53. The lowest BCUT2D eigenvalue weighted by Gasteiger charge is -2.54. The molecule has 1 aromatic rings. The van der Waals surface area contributed by atoms with Gasteiger partial charge in [0.1, 0.15) is 5.56 Å². The summed E-state index contributed by atoms with van der Waals surface area (Å²) in [6.07, 6.45) is 10.8. The van der Waals surface area contributed by atoms with Gasteiger partial charge in [0.05, 0.1) is 18.8 Å². The number of nitrogens with zero attached hydrogens (tertiary/aromatic N) is 2. The third-order valence-electron chi connectivity index (χ3n) is 8.30. The number of rotatable bonds is 9. The first-order valence-corrected chi connectivity index (χ1v) is 13.0. The summed E-state index contributed by atoms with van der Waals surface area (Å²) >= 11 is 0. The number of carbonyl (C=O) groups excluding carboxylic acids is 1.